The molecule has 0 spiro atoms. The number of ether oxygens (including phenoxy) is 1. The number of fused-ring (bicyclic) bond motifs is 1. The first-order valence-corrected chi connectivity index (χ1v) is 8.14. The number of alkyl halides is 2. The number of nitro groups is 1. The second-order valence-corrected chi connectivity index (χ2v) is 6.30. The van der Waals surface area contributed by atoms with Crippen LogP contribution < -0.4 is 10.1 Å². The highest BCUT2D eigenvalue weighted by molar-refractivity contribution is 7.21. The number of amides is 1. The van der Waals surface area contributed by atoms with Gasteiger partial charge in [-0.2, -0.15) is 8.78 Å². The molecular weight excluding hydrogens is 392 g/mol. The average molecular weight is 400 g/mol. The van der Waals surface area contributed by atoms with E-state index in [2.05, 4.69) is 15.0 Å². The van der Waals surface area contributed by atoms with Crippen LogP contribution in [0, 0.1) is 10.1 Å². The van der Waals surface area contributed by atoms with E-state index in [0.29, 0.717) is 4.70 Å². The Balaban J connectivity index is 1.91. The molecule has 0 saturated heterocycles. The molecule has 0 unspecified atom stereocenters. The van der Waals surface area contributed by atoms with Crippen molar-refractivity contribution >= 4 is 50.4 Å². The summed E-state index contributed by atoms with van der Waals surface area (Å²) in [6, 6.07) is 6.90. The summed E-state index contributed by atoms with van der Waals surface area (Å²) >= 11 is 7.18. The van der Waals surface area contributed by atoms with Gasteiger partial charge in [-0.05, 0) is 18.2 Å². The van der Waals surface area contributed by atoms with Gasteiger partial charge in [-0.25, -0.2) is 4.98 Å². The average Bonchev–Trinajstić information content (AvgIpc) is 2.93. The fourth-order valence-electron chi connectivity index (χ4n) is 2.16. The van der Waals surface area contributed by atoms with Crippen molar-refractivity contribution in [1.82, 2.24) is 4.98 Å². The first-order valence-electron chi connectivity index (χ1n) is 6.94. The molecule has 2 heterocycles. The summed E-state index contributed by atoms with van der Waals surface area (Å²) < 4.78 is 30.0. The highest BCUT2D eigenvalue weighted by Gasteiger charge is 2.21. The van der Waals surface area contributed by atoms with Crippen LogP contribution >= 0.6 is 22.9 Å². The van der Waals surface area contributed by atoms with Crippen molar-refractivity contribution in [2.75, 3.05) is 5.32 Å². The molecule has 7 nitrogen and oxygen atoms in total. The van der Waals surface area contributed by atoms with Crippen molar-refractivity contribution in [3.05, 3.63) is 56.5 Å². The van der Waals surface area contributed by atoms with E-state index in [1.54, 1.807) is 6.07 Å². The number of carbonyl (C=O) groups is 1. The van der Waals surface area contributed by atoms with E-state index in [1.165, 1.54) is 24.3 Å². The van der Waals surface area contributed by atoms with Gasteiger partial charge in [0, 0.05) is 10.8 Å². The Morgan fingerprint density at radius 2 is 2.12 bits per heavy atom. The third-order valence-corrected chi connectivity index (χ3v) is 4.89. The molecule has 1 aromatic carbocycles. The fourth-order valence-corrected chi connectivity index (χ4v) is 3.62. The Labute approximate surface area is 153 Å². The van der Waals surface area contributed by atoms with Gasteiger partial charge in [-0.1, -0.05) is 17.7 Å². The zero-order chi connectivity index (χ0) is 18.8. The number of anilines is 1. The van der Waals surface area contributed by atoms with E-state index in [1.807, 2.05) is 0 Å². The van der Waals surface area contributed by atoms with E-state index >= 15 is 0 Å². The lowest BCUT2D eigenvalue weighted by Crippen LogP contribution is -2.11. The number of hydrogen-bond acceptors (Lipinski definition) is 6. The maximum Gasteiger partial charge on any atom is 0.387 e. The maximum atomic E-state index is 12.5. The molecule has 1 N–H and O–H groups in total. The maximum absolute atomic E-state index is 12.5. The number of benzene rings is 1. The van der Waals surface area contributed by atoms with Crippen LogP contribution in [0.2, 0.25) is 5.02 Å². The van der Waals surface area contributed by atoms with Gasteiger partial charge < -0.3 is 10.1 Å². The molecule has 0 atom stereocenters. The van der Waals surface area contributed by atoms with E-state index in [-0.39, 0.29) is 32.5 Å². The topological polar surface area (TPSA) is 94.4 Å². The number of hydrogen-bond donors (Lipinski definition) is 1. The molecule has 0 aliphatic heterocycles. The van der Waals surface area contributed by atoms with Crippen LogP contribution in [0.1, 0.15) is 9.67 Å². The zero-order valence-electron chi connectivity index (χ0n) is 12.6. The van der Waals surface area contributed by atoms with Crippen LogP contribution in [-0.2, 0) is 0 Å². The monoisotopic (exact) mass is 399 g/mol. The van der Waals surface area contributed by atoms with Gasteiger partial charge in [0.1, 0.15) is 22.6 Å². The van der Waals surface area contributed by atoms with Gasteiger partial charge in [-0.3, -0.25) is 14.9 Å². The molecule has 11 heteroatoms. The predicted molar refractivity (Wildman–Crippen MR) is 92.3 cm³/mol. The fraction of sp³-hybridized carbons (Fsp3) is 0.0667. The summed E-state index contributed by atoms with van der Waals surface area (Å²) in [5, 5.41) is 13.2. The number of nitrogens with zero attached hydrogens (tertiary/aromatic N) is 2. The first kappa shape index (κ1) is 18.0. The summed E-state index contributed by atoms with van der Waals surface area (Å²) in [5.41, 5.74) is -0.225. The lowest BCUT2D eigenvalue weighted by atomic mass is 10.2. The van der Waals surface area contributed by atoms with Crippen molar-refractivity contribution in [3.63, 3.8) is 0 Å². The van der Waals surface area contributed by atoms with E-state index in [0.717, 1.165) is 17.5 Å². The number of nitrogens with one attached hydrogen (secondary N) is 1. The van der Waals surface area contributed by atoms with Gasteiger partial charge in [0.15, 0.2) is 0 Å². The predicted octanol–water partition coefficient (Wildman–Crippen LogP) is 4.71. The molecule has 0 aliphatic carbocycles. The van der Waals surface area contributed by atoms with Crippen molar-refractivity contribution in [3.8, 4) is 5.75 Å². The standard InChI is InChI=1S/C15H8ClF2N3O4S/c16-12-11-8(25-15(17)18)2-1-3-9(11)26-13(12)14(22)20-10-5-4-7(6-19-10)21(23)24/h1-6,15H,(H,19,20,22). The van der Waals surface area contributed by atoms with E-state index in [4.69, 9.17) is 11.6 Å². The Morgan fingerprint density at radius 1 is 1.35 bits per heavy atom. The van der Waals surface area contributed by atoms with Gasteiger partial charge in [0.2, 0.25) is 0 Å². The number of thiophene rings is 1. The minimum atomic E-state index is -3.03. The number of rotatable bonds is 5. The first-order chi connectivity index (χ1) is 12.4. The summed E-state index contributed by atoms with van der Waals surface area (Å²) in [5.74, 6) is -0.676. The molecular formula is C15H8ClF2N3O4S. The van der Waals surface area contributed by atoms with Crippen LogP contribution in [0.25, 0.3) is 10.1 Å². The van der Waals surface area contributed by atoms with Crippen LogP contribution in [0.4, 0.5) is 20.3 Å². The van der Waals surface area contributed by atoms with E-state index in [9.17, 15) is 23.7 Å². The number of halogens is 3. The smallest absolute Gasteiger partial charge is 0.387 e. The summed E-state index contributed by atoms with van der Waals surface area (Å²) in [6.45, 7) is -3.03. The molecule has 0 fully saturated rings. The summed E-state index contributed by atoms with van der Waals surface area (Å²) in [6.07, 6.45) is 0.997. The van der Waals surface area contributed by atoms with Crippen molar-refractivity contribution in [2.45, 2.75) is 6.61 Å². The van der Waals surface area contributed by atoms with Gasteiger partial charge in [0.25, 0.3) is 11.6 Å². The molecule has 3 rings (SSSR count). The second kappa shape index (κ2) is 7.18. The molecule has 134 valence electrons. The zero-order valence-corrected chi connectivity index (χ0v) is 14.2. The van der Waals surface area contributed by atoms with Crippen LogP contribution in [-0.4, -0.2) is 22.4 Å². The molecule has 3 aromatic rings. The molecule has 0 bridgehead atoms. The molecule has 0 aliphatic rings. The third-order valence-electron chi connectivity index (χ3n) is 3.24. The quantitative estimate of drug-likeness (QED) is 0.495. The highest BCUT2D eigenvalue weighted by Crippen LogP contribution is 2.41. The van der Waals surface area contributed by atoms with Crippen molar-refractivity contribution in [1.29, 1.82) is 0 Å². The normalized spacial score (nSPS) is 10.9. The van der Waals surface area contributed by atoms with Gasteiger partial charge >= 0.3 is 6.61 Å². The third kappa shape index (κ3) is 3.55. The highest BCUT2D eigenvalue weighted by atomic mass is 35.5. The Bertz CT molecular complexity index is 994. The Morgan fingerprint density at radius 3 is 2.73 bits per heavy atom. The lowest BCUT2D eigenvalue weighted by molar-refractivity contribution is -0.385. The number of carbonyl (C=O) groups excluding carboxylic acids is 1. The van der Waals surface area contributed by atoms with Crippen LogP contribution in [0.3, 0.4) is 0 Å². The van der Waals surface area contributed by atoms with Gasteiger partial charge in [0.05, 0.1) is 15.3 Å². The minimum Gasteiger partial charge on any atom is -0.434 e. The Hall–Kier alpha value is -2.85. The second-order valence-electron chi connectivity index (χ2n) is 4.87. The van der Waals surface area contributed by atoms with Crippen molar-refractivity contribution in [2.24, 2.45) is 0 Å². The molecule has 26 heavy (non-hydrogen) atoms. The van der Waals surface area contributed by atoms with Gasteiger partial charge in [-0.15, -0.1) is 11.3 Å². The van der Waals surface area contributed by atoms with Crippen LogP contribution in [0.15, 0.2) is 36.5 Å². The van der Waals surface area contributed by atoms with Crippen molar-refractivity contribution < 1.29 is 23.2 Å². The van der Waals surface area contributed by atoms with E-state index < -0.39 is 17.4 Å². The largest absolute Gasteiger partial charge is 0.434 e. The number of aromatic nitrogens is 1. The minimum absolute atomic E-state index is 0.0272. The summed E-state index contributed by atoms with van der Waals surface area (Å²) in [7, 11) is 0. The molecule has 0 saturated carbocycles. The lowest BCUT2D eigenvalue weighted by Gasteiger charge is -2.06. The molecule has 0 radical (unpaired) electrons. The SMILES string of the molecule is O=C(Nc1ccc([N+](=O)[O-])cn1)c1sc2cccc(OC(F)F)c2c1Cl. The summed E-state index contributed by atoms with van der Waals surface area (Å²) in [4.78, 5) is 26.2. The molecule has 1 amide bonds. The number of pyridine rings is 1. The molecule has 2 aromatic heterocycles. The van der Waals surface area contributed by atoms with Crippen LogP contribution in [0.5, 0.6) is 5.75 Å². The Kier molecular flexibility index (Phi) is 4.96.